The van der Waals surface area contributed by atoms with Crippen LogP contribution < -0.4 is 10.9 Å². The molecule has 2 N–H and O–H groups in total. The zero-order valence-electron chi connectivity index (χ0n) is 8.84. The lowest BCUT2D eigenvalue weighted by Gasteiger charge is -2.05. The van der Waals surface area contributed by atoms with Crippen molar-refractivity contribution in [3.63, 3.8) is 0 Å². The Morgan fingerprint density at radius 1 is 1.53 bits per heavy atom. The first-order valence-corrected chi connectivity index (χ1v) is 4.92. The van der Waals surface area contributed by atoms with Crippen LogP contribution in [0.1, 0.15) is 11.1 Å². The van der Waals surface area contributed by atoms with Gasteiger partial charge in [-0.05, 0) is 11.6 Å². The van der Waals surface area contributed by atoms with E-state index >= 15 is 0 Å². The summed E-state index contributed by atoms with van der Waals surface area (Å²) in [6.45, 7) is 0.457. The van der Waals surface area contributed by atoms with Gasteiger partial charge in [-0.15, -0.1) is 0 Å². The van der Waals surface area contributed by atoms with Crippen molar-refractivity contribution in [1.82, 2.24) is 15.0 Å². The summed E-state index contributed by atoms with van der Waals surface area (Å²) < 4.78 is 0. The van der Waals surface area contributed by atoms with Gasteiger partial charge in [-0.25, -0.2) is 4.98 Å². The number of nitriles is 1. The van der Waals surface area contributed by atoms with Crippen LogP contribution in [0.2, 0.25) is 0 Å². The molecule has 0 unspecified atom stereocenters. The van der Waals surface area contributed by atoms with Gasteiger partial charge in [0.25, 0.3) is 5.56 Å². The van der Waals surface area contributed by atoms with Crippen molar-refractivity contribution in [2.24, 2.45) is 0 Å². The molecule has 0 aromatic carbocycles. The minimum atomic E-state index is -0.448. The van der Waals surface area contributed by atoms with Crippen LogP contribution in [-0.2, 0) is 6.54 Å². The van der Waals surface area contributed by atoms with Gasteiger partial charge >= 0.3 is 0 Å². The molecule has 0 aliphatic heterocycles. The number of aromatic amines is 1. The fraction of sp³-hybridized carbons (Fsp3) is 0.0909. The first-order valence-electron chi connectivity index (χ1n) is 4.92. The monoisotopic (exact) mass is 227 g/mol. The molecule has 0 aliphatic rings. The number of nitrogens with one attached hydrogen (secondary N) is 2. The Labute approximate surface area is 97.0 Å². The molecule has 0 spiro atoms. The van der Waals surface area contributed by atoms with E-state index in [-0.39, 0.29) is 11.4 Å². The molecule has 2 heterocycles. The molecule has 0 aliphatic carbocycles. The molecule has 6 heteroatoms. The first kappa shape index (κ1) is 10.8. The molecule has 0 fully saturated rings. The molecule has 2 aromatic rings. The number of hydrogen-bond acceptors (Lipinski definition) is 5. The van der Waals surface area contributed by atoms with E-state index in [1.165, 1.54) is 6.33 Å². The summed E-state index contributed by atoms with van der Waals surface area (Å²) >= 11 is 0. The van der Waals surface area contributed by atoms with Crippen LogP contribution in [0.5, 0.6) is 0 Å². The van der Waals surface area contributed by atoms with Crippen LogP contribution in [-0.4, -0.2) is 15.0 Å². The van der Waals surface area contributed by atoms with E-state index in [0.29, 0.717) is 6.54 Å². The number of aromatic nitrogens is 3. The molecule has 6 nitrogen and oxygen atoms in total. The van der Waals surface area contributed by atoms with Crippen LogP contribution >= 0.6 is 0 Å². The summed E-state index contributed by atoms with van der Waals surface area (Å²) in [7, 11) is 0. The average molecular weight is 227 g/mol. The van der Waals surface area contributed by atoms with Crippen molar-refractivity contribution in [3.05, 3.63) is 52.3 Å². The van der Waals surface area contributed by atoms with Gasteiger partial charge in [-0.1, -0.05) is 6.07 Å². The van der Waals surface area contributed by atoms with Crippen molar-refractivity contribution in [3.8, 4) is 6.07 Å². The van der Waals surface area contributed by atoms with Gasteiger partial charge in [0.1, 0.15) is 6.07 Å². The van der Waals surface area contributed by atoms with E-state index in [1.807, 2.05) is 18.2 Å². The summed E-state index contributed by atoms with van der Waals surface area (Å²) in [5.41, 5.74) is 0.478. The predicted molar refractivity (Wildman–Crippen MR) is 61.1 cm³/mol. The summed E-state index contributed by atoms with van der Waals surface area (Å²) in [6.07, 6.45) is 4.64. The summed E-state index contributed by atoms with van der Waals surface area (Å²) in [5, 5.41) is 11.8. The van der Waals surface area contributed by atoms with E-state index in [9.17, 15) is 4.79 Å². The fourth-order valence-corrected chi connectivity index (χ4v) is 1.33. The largest absolute Gasteiger partial charge is 0.365 e. The van der Waals surface area contributed by atoms with Crippen molar-refractivity contribution in [2.75, 3.05) is 5.32 Å². The van der Waals surface area contributed by atoms with E-state index in [4.69, 9.17) is 5.26 Å². The quantitative estimate of drug-likeness (QED) is 0.802. The second-order valence-electron chi connectivity index (χ2n) is 3.28. The highest BCUT2D eigenvalue weighted by Gasteiger charge is 2.06. The third kappa shape index (κ3) is 2.46. The van der Waals surface area contributed by atoms with Gasteiger partial charge in [-0.3, -0.25) is 9.78 Å². The first-order chi connectivity index (χ1) is 8.31. The lowest BCUT2D eigenvalue weighted by molar-refractivity contribution is 1.04. The highest BCUT2D eigenvalue weighted by atomic mass is 16.1. The van der Waals surface area contributed by atoms with E-state index < -0.39 is 5.56 Å². The molecule has 2 rings (SSSR count). The van der Waals surface area contributed by atoms with Crippen molar-refractivity contribution in [1.29, 1.82) is 5.26 Å². The maximum atomic E-state index is 11.3. The Bertz CT molecular complexity index is 599. The van der Waals surface area contributed by atoms with E-state index in [0.717, 1.165) is 5.56 Å². The topological polar surface area (TPSA) is 94.5 Å². The third-order valence-electron chi connectivity index (χ3n) is 2.15. The van der Waals surface area contributed by atoms with Gasteiger partial charge in [0, 0.05) is 18.9 Å². The third-order valence-corrected chi connectivity index (χ3v) is 2.15. The molecule has 84 valence electrons. The van der Waals surface area contributed by atoms with Gasteiger partial charge in [0.15, 0.2) is 11.4 Å². The van der Waals surface area contributed by atoms with Crippen LogP contribution in [0, 0.1) is 11.3 Å². The zero-order valence-corrected chi connectivity index (χ0v) is 8.84. The number of pyridine rings is 1. The zero-order chi connectivity index (χ0) is 12.1. The smallest absolute Gasteiger partial charge is 0.270 e. The van der Waals surface area contributed by atoms with Gasteiger partial charge in [0.2, 0.25) is 0 Å². The van der Waals surface area contributed by atoms with Crippen LogP contribution in [0.15, 0.2) is 35.6 Å². The van der Waals surface area contributed by atoms with Crippen molar-refractivity contribution in [2.45, 2.75) is 6.54 Å². The maximum absolute atomic E-state index is 11.3. The standard InChI is InChI=1S/C11H9N5O/c12-4-9-10(15-7-16-11(9)17)14-6-8-2-1-3-13-5-8/h1-3,5,7H,6H2,(H2,14,15,16,17). The highest BCUT2D eigenvalue weighted by molar-refractivity contribution is 5.49. The van der Waals surface area contributed by atoms with Crippen LogP contribution in [0.3, 0.4) is 0 Å². The molecule has 0 saturated carbocycles. The maximum Gasteiger partial charge on any atom is 0.270 e. The Hall–Kier alpha value is -2.68. The van der Waals surface area contributed by atoms with Gasteiger partial charge in [-0.2, -0.15) is 5.26 Å². The van der Waals surface area contributed by atoms with Gasteiger partial charge < -0.3 is 10.3 Å². The number of hydrogen-bond donors (Lipinski definition) is 2. The molecular formula is C11H9N5O. The molecule has 0 atom stereocenters. The second-order valence-corrected chi connectivity index (χ2v) is 3.28. The molecule has 0 amide bonds. The molecule has 0 radical (unpaired) electrons. The Morgan fingerprint density at radius 3 is 3.12 bits per heavy atom. The van der Waals surface area contributed by atoms with Gasteiger partial charge in [0.05, 0.1) is 6.33 Å². The average Bonchev–Trinajstić information content (AvgIpc) is 2.37. The number of anilines is 1. The number of nitrogens with zero attached hydrogens (tertiary/aromatic N) is 3. The van der Waals surface area contributed by atoms with Crippen LogP contribution in [0.4, 0.5) is 5.82 Å². The van der Waals surface area contributed by atoms with Crippen molar-refractivity contribution < 1.29 is 0 Å². The molecule has 0 saturated heterocycles. The summed E-state index contributed by atoms with van der Waals surface area (Å²) in [6, 6.07) is 5.52. The summed E-state index contributed by atoms with van der Waals surface area (Å²) in [5.74, 6) is 0.278. The predicted octanol–water partition coefficient (Wildman–Crippen LogP) is 0.649. The SMILES string of the molecule is N#Cc1c(NCc2cccnc2)nc[nH]c1=O. The van der Waals surface area contributed by atoms with E-state index in [1.54, 1.807) is 12.4 Å². The fourth-order valence-electron chi connectivity index (χ4n) is 1.33. The van der Waals surface area contributed by atoms with E-state index in [2.05, 4.69) is 20.3 Å². The lowest BCUT2D eigenvalue weighted by Crippen LogP contribution is -2.15. The Morgan fingerprint density at radius 2 is 2.41 bits per heavy atom. The molecule has 2 aromatic heterocycles. The Balaban J connectivity index is 2.18. The lowest BCUT2D eigenvalue weighted by atomic mass is 10.2. The molecule has 17 heavy (non-hydrogen) atoms. The normalized spacial score (nSPS) is 9.59. The number of H-pyrrole nitrogens is 1. The Kier molecular flexibility index (Phi) is 3.12. The number of rotatable bonds is 3. The molecule has 0 bridgehead atoms. The highest BCUT2D eigenvalue weighted by Crippen LogP contribution is 2.06. The molecular weight excluding hydrogens is 218 g/mol. The van der Waals surface area contributed by atoms with Crippen molar-refractivity contribution >= 4 is 5.82 Å². The second kappa shape index (κ2) is 4.90. The minimum Gasteiger partial charge on any atom is -0.365 e. The van der Waals surface area contributed by atoms with Crippen LogP contribution in [0.25, 0.3) is 0 Å². The minimum absolute atomic E-state index is 0.0172. The summed E-state index contributed by atoms with van der Waals surface area (Å²) in [4.78, 5) is 21.5.